The lowest BCUT2D eigenvalue weighted by molar-refractivity contribution is -0.115. The fraction of sp³-hybridized carbons (Fsp3) is 0.357. The highest BCUT2D eigenvalue weighted by Crippen LogP contribution is 2.17. The minimum absolute atomic E-state index is 0.148. The standard InChI is InChI=1S/C14H16O3/c1-16-13-6-4-11(5-7-13)9-14(15)12-3-2-8-17-10-12/h4-7,10H,2-3,8-9H2,1H3. The summed E-state index contributed by atoms with van der Waals surface area (Å²) in [5.74, 6) is 0.955. The number of hydrogen-bond donors (Lipinski definition) is 0. The van der Waals surface area contributed by atoms with Gasteiger partial charge in [0.25, 0.3) is 0 Å². The number of allylic oxidation sites excluding steroid dienone is 1. The summed E-state index contributed by atoms with van der Waals surface area (Å²) < 4.78 is 10.2. The lowest BCUT2D eigenvalue weighted by Crippen LogP contribution is -2.11. The van der Waals surface area contributed by atoms with Crippen LogP contribution < -0.4 is 4.74 Å². The van der Waals surface area contributed by atoms with Crippen molar-refractivity contribution >= 4 is 5.78 Å². The van der Waals surface area contributed by atoms with Crippen LogP contribution in [0.15, 0.2) is 36.1 Å². The van der Waals surface area contributed by atoms with Crippen LogP contribution in [0.2, 0.25) is 0 Å². The SMILES string of the molecule is COc1ccc(CC(=O)C2=COCCC2)cc1. The van der Waals surface area contributed by atoms with Gasteiger partial charge >= 0.3 is 0 Å². The number of benzene rings is 1. The lowest BCUT2D eigenvalue weighted by atomic mass is 10.00. The summed E-state index contributed by atoms with van der Waals surface area (Å²) in [5.41, 5.74) is 1.80. The quantitative estimate of drug-likeness (QED) is 0.800. The third kappa shape index (κ3) is 3.09. The summed E-state index contributed by atoms with van der Waals surface area (Å²) in [6.07, 6.45) is 3.80. The van der Waals surface area contributed by atoms with Gasteiger partial charge in [-0.25, -0.2) is 0 Å². The maximum Gasteiger partial charge on any atom is 0.166 e. The molecule has 0 N–H and O–H groups in total. The van der Waals surface area contributed by atoms with E-state index in [0.29, 0.717) is 6.42 Å². The first-order chi connectivity index (χ1) is 8.29. The molecule has 1 aromatic rings. The fourth-order valence-corrected chi connectivity index (χ4v) is 1.81. The zero-order valence-corrected chi connectivity index (χ0v) is 9.94. The number of ether oxygens (including phenoxy) is 2. The average Bonchev–Trinajstić information content (AvgIpc) is 2.40. The molecule has 0 saturated carbocycles. The van der Waals surface area contributed by atoms with Gasteiger partial charge < -0.3 is 9.47 Å². The highest BCUT2D eigenvalue weighted by molar-refractivity contribution is 5.96. The molecule has 0 aliphatic carbocycles. The van der Waals surface area contributed by atoms with Gasteiger partial charge in [0, 0.05) is 12.0 Å². The zero-order valence-electron chi connectivity index (χ0n) is 9.94. The average molecular weight is 232 g/mol. The Bertz CT molecular complexity index is 418. The van der Waals surface area contributed by atoms with Crippen LogP contribution in [0, 0.1) is 0 Å². The molecule has 1 aliphatic heterocycles. The minimum Gasteiger partial charge on any atom is -0.501 e. The topological polar surface area (TPSA) is 35.5 Å². The number of carbonyl (C=O) groups excluding carboxylic acids is 1. The minimum atomic E-state index is 0.148. The molecule has 0 fully saturated rings. The van der Waals surface area contributed by atoms with Crippen LogP contribution >= 0.6 is 0 Å². The Morgan fingerprint density at radius 2 is 2.12 bits per heavy atom. The molecule has 3 nitrogen and oxygen atoms in total. The summed E-state index contributed by atoms with van der Waals surface area (Å²) in [4.78, 5) is 11.9. The number of methoxy groups -OCH3 is 1. The molecular weight excluding hydrogens is 216 g/mol. The Labute approximate surface area is 101 Å². The van der Waals surface area contributed by atoms with Crippen LogP contribution in [-0.4, -0.2) is 19.5 Å². The summed E-state index contributed by atoms with van der Waals surface area (Å²) in [7, 11) is 1.63. The first-order valence-corrected chi connectivity index (χ1v) is 5.76. The Hall–Kier alpha value is -1.77. The van der Waals surface area contributed by atoms with Gasteiger partial charge in [-0.2, -0.15) is 0 Å². The lowest BCUT2D eigenvalue weighted by Gasteiger charge is -2.12. The number of hydrogen-bond acceptors (Lipinski definition) is 3. The third-order valence-corrected chi connectivity index (χ3v) is 2.82. The summed E-state index contributed by atoms with van der Waals surface area (Å²) in [5, 5.41) is 0. The predicted molar refractivity (Wildman–Crippen MR) is 65.0 cm³/mol. The Morgan fingerprint density at radius 1 is 1.35 bits per heavy atom. The van der Waals surface area contributed by atoms with E-state index in [-0.39, 0.29) is 5.78 Å². The van der Waals surface area contributed by atoms with Crippen molar-refractivity contribution in [1.29, 1.82) is 0 Å². The molecule has 2 rings (SSSR count). The van der Waals surface area contributed by atoms with Gasteiger partial charge in [0.05, 0.1) is 20.0 Å². The van der Waals surface area contributed by atoms with Gasteiger partial charge in [-0.3, -0.25) is 4.79 Å². The molecule has 0 radical (unpaired) electrons. The van der Waals surface area contributed by atoms with Gasteiger partial charge in [-0.15, -0.1) is 0 Å². The van der Waals surface area contributed by atoms with E-state index in [1.165, 1.54) is 0 Å². The second-order valence-electron chi connectivity index (χ2n) is 4.07. The largest absolute Gasteiger partial charge is 0.501 e. The van der Waals surface area contributed by atoms with Crippen LogP contribution in [0.3, 0.4) is 0 Å². The van der Waals surface area contributed by atoms with Gasteiger partial charge in [0.2, 0.25) is 0 Å². The molecule has 0 unspecified atom stereocenters. The fourth-order valence-electron chi connectivity index (χ4n) is 1.81. The van der Waals surface area contributed by atoms with Crippen molar-refractivity contribution in [2.45, 2.75) is 19.3 Å². The van der Waals surface area contributed by atoms with Crippen LogP contribution in [0.4, 0.5) is 0 Å². The van der Waals surface area contributed by atoms with Crippen molar-refractivity contribution in [3.05, 3.63) is 41.7 Å². The molecule has 17 heavy (non-hydrogen) atoms. The first-order valence-electron chi connectivity index (χ1n) is 5.76. The van der Waals surface area contributed by atoms with Crippen LogP contribution in [0.5, 0.6) is 5.75 Å². The van der Waals surface area contributed by atoms with E-state index in [1.807, 2.05) is 24.3 Å². The van der Waals surface area contributed by atoms with Gasteiger partial charge in [0.15, 0.2) is 5.78 Å². The summed E-state index contributed by atoms with van der Waals surface area (Å²) in [6, 6.07) is 7.57. The number of carbonyl (C=O) groups is 1. The van der Waals surface area contributed by atoms with Gasteiger partial charge in [-0.05, 0) is 30.5 Å². The number of rotatable bonds is 4. The van der Waals surface area contributed by atoms with Crippen molar-refractivity contribution in [3.63, 3.8) is 0 Å². The maximum absolute atomic E-state index is 11.9. The van der Waals surface area contributed by atoms with E-state index in [4.69, 9.17) is 9.47 Å². The van der Waals surface area contributed by atoms with Gasteiger partial charge in [-0.1, -0.05) is 12.1 Å². The van der Waals surface area contributed by atoms with Crippen molar-refractivity contribution < 1.29 is 14.3 Å². The van der Waals surface area contributed by atoms with Crippen LogP contribution in [0.1, 0.15) is 18.4 Å². The van der Waals surface area contributed by atoms with E-state index in [0.717, 1.165) is 36.3 Å². The molecule has 3 heteroatoms. The van der Waals surface area contributed by atoms with E-state index in [9.17, 15) is 4.79 Å². The number of ketones is 1. The molecule has 0 amide bonds. The first kappa shape index (κ1) is 11.7. The molecule has 0 spiro atoms. The van der Waals surface area contributed by atoms with Crippen LogP contribution in [-0.2, 0) is 16.0 Å². The molecule has 1 aromatic carbocycles. The zero-order chi connectivity index (χ0) is 12.1. The Kier molecular flexibility index (Phi) is 3.81. The second-order valence-corrected chi connectivity index (χ2v) is 4.07. The van der Waals surface area contributed by atoms with Crippen molar-refractivity contribution in [2.24, 2.45) is 0 Å². The summed E-state index contributed by atoms with van der Waals surface area (Å²) in [6.45, 7) is 0.722. The Balaban J connectivity index is 1.99. The van der Waals surface area contributed by atoms with Crippen molar-refractivity contribution in [2.75, 3.05) is 13.7 Å². The van der Waals surface area contributed by atoms with E-state index >= 15 is 0 Å². The van der Waals surface area contributed by atoms with Gasteiger partial charge in [0.1, 0.15) is 5.75 Å². The predicted octanol–water partition coefficient (Wildman–Crippen LogP) is 2.50. The van der Waals surface area contributed by atoms with E-state index in [2.05, 4.69) is 0 Å². The van der Waals surface area contributed by atoms with Crippen molar-refractivity contribution in [1.82, 2.24) is 0 Å². The second kappa shape index (κ2) is 5.53. The van der Waals surface area contributed by atoms with Crippen molar-refractivity contribution in [3.8, 4) is 5.75 Å². The molecule has 1 aliphatic rings. The molecule has 0 saturated heterocycles. The maximum atomic E-state index is 11.9. The van der Waals surface area contributed by atoms with E-state index in [1.54, 1.807) is 13.4 Å². The molecule has 90 valence electrons. The summed E-state index contributed by atoms with van der Waals surface area (Å²) >= 11 is 0. The Morgan fingerprint density at radius 3 is 2.71 bits per heavy atom. The highest BCUT2D eigenvalue weighted by atomic mass is 16.5. The molecule has 0 bridgehead atoms. The molecule has 1 heterocycles. The molecular formula is C14H16O3. The highest BCUT2D eigenvalue weighted by Gasteiger charge is 2.13. The smallest absolute Gasteiger partial charge is 0.166 e. The van der Waals surface area contributed by atoms with E-state index < -0.39 is 0 Å². The monoisotopic (exact) mass is 232 g/mol. The molecule has 0 aromatic heterocycles. The number of Topliss-reactive ketones (excluding diaryl/α,β-unsaturated/α-hetero) is 1. The third-order valence-electron chi connectivity index (χ3n) is 2.82. The van der Waals surface area contributed by atoms with Crippen LogP contribution in [0.25, 0.3) is 0 Å². The molecule has 0 atom stereocenters. The normalized spacial score (nSPS) is 14.8.